The summed E-state index contributed by atoms with van der Waals surface area (Å²) < 4.78 is 0. The van der Waals surface area contributed by atoms with Gasteiger partial charge in [-0.2, -0.15) is 0 Å². The van der Waals surface area contributed by atoms with Gasteiger partial charge < -0.3 is 15.2 Å². The zero-order chi connectivity index (χ0) is 12.4. The Morgan fingerprint density at radius 2 is 2.06 bits per heavy atom. The van der Waals surface area contributed by atoms with E-state index >= 15 is 0 Å². The van der Waals surface area contributed by atoms with Gasteiger partial charge in [-0.3, -0.25) is 0 Å². The Kier molecular flexibility index (Phi) is 2.98. The molecule has 0 atom stereocenters. The molecule has 0 bridgehead atoms. The zero-order valence-corrected chi connectivity index (χ0v) is 10.5. The molecular weight excluding hydrogens is 226 g/mol. The average Bonchev–Trinajstić information content (AvgIpc) is 2.93. The fourth-order valence-corrected chi connectivity index (χ4v) is 2.33. The highest BCUT2D eigenvalue weighted by atomic mass is 15.2. The number of aryl methyl sites for hydroxylation is 1. The maximum Gasteiger partial charge on any atom is 0.155 e. The van der Waals surface area contributed by atoms with Crippen molar-refractivity contribution < 1.29 is 0 Å². The number of anilines is 1. The van der Waals surface area contributed by atoms with Crippen LogP contribution >= 0.6 is 0 Å². The summed E-state index contributed by atoms with van der Waals surface area (Å²) in [7, 11) is 0. The first-order valence-corrected chi connectivity index (χ1v) is 6.27. The van der Waals surface area contributed by atoms with Crippen LogP contribution in [0.15, 0.2) is 24.5 Å². The Hall–Kier alpha value is -1.88. The number of hydrogen-bond donors (Lipinski definition) is 2. The molecule has 2 aromatic rings. The van der Waals surface area contributed by atoms with Crippen LogP contribution in [0, 0.1) is 6.92 Å². The highest BCUT2D eigenvalue weighted by Gasteiger charge is 2.14. The summed E-state index contributed by atoms with van der Waals surface area (Å²) in [6.07, 6.45) is 3.56. The van der Waals surface area contributed by atoms with Gasteiger partial charge in [-0.25, -0.2) is 9.97 Å². The van der Waals surface area contributed by atoms with Crippen LogP contribution in [0.25, 0.3) is 11.5 Å². The van der Waals surface area contributed by atoms with Gasteiger partial charge in [0.1, 0.15) is 5.69 Å². The van der Waals surface area contributed by atoms with Crippen molar-refractivity contribution in [3.05, 3.63) is 30.2 Å². The average molecular weight is 243 g/mol. The Bertz CT molecular complexity index is 514. The molecule has 0 saturated carbocycles. The van der Waals surface area contributed by atoms with Crippen molar-refractivity contribution in [2.75, 3.05) is 31.1 Å². The molecule has 1 saturated heterocycles. The third-order valence-electron chi connectivity index (χ3n) is 3.26. The van der Waals surface area contributed by atoms with Crippen LogP contribution in [-0.4, -0.2) is 41.1 Å². The molecule has 1 aliphatic rings. The maximum atomic E-state index is 4.63. The van der Waals surface area contributed by atoms with Crippen molar-refractivity contribution in [2.45, 2.75) is 6.92 Å². The zero-order valence-electron chi connectivity index (χ0n) is 10.5. The Labute approximate surface area is 106 Å². The SMILES string of the molecule is Cc1nc(-c2ncc[nH]2)ccc1N1CCNCC1. The molecule has 0 aromatic carbocycles. The first-order valence-electron chi connectivity index (χ1n) is 6.27. The van der Waals surface area contributed by atoms with Gasteiger partial charge in [-0.1, -0.05) is 0 Å². The first kappa shape index (κ1) is 11.2. The van der Waals surface area contributed by atoms with Crippen LogP contribution in [0.4, 0.5) is 5.69 Å². The molecule has 0 radical (unpaired) electrons. The maximum absolute atomic E-state index is 4.63. The van der Waals surface area contributed by atoms with E-state index in [4.69, 9.17) is 0 Å². The summed E-state index contributed by atoms with van der Waals surface area (Å²) >= 11 is 0. The number of nitrogens with one attached hydrogen (secondary N) is 2. The van der Waals surface area contributed by atoms with Crippen molar-refractivity contribution >= 4 is 5.69 Å². The lowest BCUT2D eigenvalue weighted by atomic mass is 10.2. The summed E-state index contributed by atoms with van der Waals surface area (Å²) in [5.41, 5.74) is 3.19. The molecule has 0 aliphatic carbocycles. The molecule has 0 spiro atoms. The van der Waals surface area contributed by atoms with Gasteiger partial charge in [0, 0.05) is 38.6 Å². The molecule has 2 aromatic heterocycles. The summed E-state index contributed by atoms with van der Waals surface area (Å²) in [5, 5.41) is 3.36. The number of rotatable bonds is 2. The normalized spacial score (nSPS) is 15.9. The van der Waals surface area contributed by atoms with Crippen molar-refractivity contribution in [1.82, 2.24) is 20.3 Å². The molecule has 94 valence electrons. The van der Waals surface area contributed by atoms with Crippen LogP contribution in [0.1, 0.15) is 5.69 Å². The molecule has 18 heavy (non-hydrogen) atoms. The highest BCUT2D eigenvalue weighted by molar-refractivity contribution is 5.58. The van der Waals surface area contributed by atoms with E-state index in [1.54, 1.807) is 6.20 Å². The summed E-state index contributed by atoms with van der Waals surface area (Å²) in [6, 6.07) is 4.18. The number of hydrogen-bond acceptors (Lipinski definition) is 4. The predicted molar refractivity (Wildman–Crippen MR) is 71.6 cm³/mol. The third kappa shape index (κ3) is 2.09. The van der Waals surface area contributed by atoms with Gasteiger partial charge in [0.05, 0.1) is 11.4 Å². The second kappa shape index (κ2) is 4.78. The van der Waals surface area contributed by atoms with E-state index in [-0.39, 0.29) is 0 Å². The molecule has 2 N–H and O–H groups in total. The van der Waals surface area contributed by atoms with Crippen molar-refractivity contribution in [1.29, 1.82) is 0 Å². The number of pyridine rings is 1. The number of aromatic amines is 1. The molecule has 0 unspecified atom stereocenters. The van der Waals surface area contributed by atoms with Crippen LogP contribution in [0.3, 0.4) is 0 Å². The second-order valence-corrected chi connectivity index (χ2v) is 4.48. The van der Waals surface area contributed by atoms with E-state index in [1.807, 2.05) is 12.3 Å². The molecule has 1 aliphatic heterocycles. The largest absolute Gasteiger partial charge is 0.368 e. The van der Waals surface area contributed by atoms with Gasteiger partial charge in [0.15, 0.2) is 5.82 Å². The van der Waals surface area contributed by atoms with Crippen molar-refractivity contribution in [3.63, 3.8) is 0 Å². The molecule has 5 nitrogen and oxygen atoms in total. The number of H-pyrrole nitrogens is 1. The monoisotopic (exact) mass is 243 g/mol. The minimum atomic E-state index is 0.824. The Balaban J connectivity index is 1.89. The Morgan fingerprint density at radius 3 is 2.72 bits per heavy atom. The topological polar surface area (TPSA) is 56.8 Å². The van der Waals surface area contributed by atoms with Gasteiger partial charge in [-0.05, 0) is 19.1 Å². The van der Waals surface area contributed by atoms with E-state index in [0.29, 0.717) is 0 Å². The number of piperazine rings is 1. The lowest BCUT2D eigenvalue weighted by Crippen LogP contribution is -2.43. The van der Waals surface area contributed by atoms with Crippen LogP contribution in [-0.2, 0) is 0 Å². The number of aromatic nitrogens is 3. The Morgan fingerprint density at radius 1 is 1.22 bits per heavy atom. The number of nitrogens with zero attached hydrogens (tertiary/aromatic N) is 3. The molecule has 0 amide bonds. The summed E-state index contributed by atoms with van der Waals surface area (Å²) in [6.45, 7) is 6.23. The van der Waals surface area contributed by atoms with Gasteiger partial charge in [0.2, 0.25) is 0 Å². The second-order valence-electron chi connectivity index (χ2n) is 4.48. The van der Waals surface area contributed by atoms with E-state index in [2.05, 4.69) is 38.2 Å². The third-order valence-corrected chi connectivity index (χ3v) is 3.26. The quantitative estimate of drug-likeness (QED) is 0.832. The van der Waals surface area contributed by atoms with Gasteiger partial charge in [0.25, 0.3) is 0 Å². The van der Waals surface area contributed by atoms with Crippen LogP contribution in [0.2, 0.25) is 0 Å². The van der Waals surface area contributed by atoms with E-state index in [9.17, 15) is 0 Å². The molecule has 1 fully saturated rings. The lowest BCUT2D eigenvalue weighted by Gasteiger charge is -2.30. The fraction of sp³-hybridized carbons (Fsp3) is 0.385. The van der Waals surface area contributed by atoms with Crippen molar-refractivity contribution in [2.24, 2.45) is 0 Å². The molecule has 5 heteroatoms. The van der Waals surface area contributed by atoms with E-state index in [1.165, 1.54) is 5.69 Å². The van der Waals surface area contributed by atoms with Crippen LogP contribution in [0.5, 0.6) is 0 Å². The predicted octanol–water partition coefficient (Wildman–Crippen LogP) is 1.19. The molecular formula is C13H17N5. The fourth-order valence-electron chi connectivity index (χ4n) is 2.33. The van der Waals surface area contributed by atoms with Gasteiger partial charge in [-0.15, -0.1) is 0 Å². The van der Waals surface area contributed by atoms with E-state index < -0.39 is 0 Å². The van der Waals surface area contributed by atoms with Crippen molar-refractivity contribution in [3.8, 4) is 11.5 Å². The minimum absolute atomic E-state index is 0.824. The minimum Gasteiger partial charge on any atom is -0.368 e. The standard InChI is InChI=1S/C13H17N5/c1-10-12(18-8-6-14-7-9-18)3-2-11(17-10)13-15-4-5-16-13/h2-5,14H,6-9H2,1H3,(H,15,16). The summed E-state index contributed by atoms with van der Waals surface area (Å²) in [5.74, 6) is 0.824. The smallest absolute Gasteiger partial charge is 0.155 e. The van der Waals surface area contributed by atoms with Gasteiger partial charge >= 0.3 is 0 Å². The molecule has 3 rings (SSSR count). The first-order chi connectivity index (χ1) is 8.84. The van der Waals surface area contributed by atoms with E-state index in [0.717, 1.165) is 43.4 Å². The summed E-state index contributed by atoms with van der Waals surface area (Å²) in [4.78, 5) is 14.3. The molecule has 3 heterocycles. The highest BCUT2D eigenvalue weighted by Crippen LogP contribution is 2.22. The number of imidazole rings is 1. The van der Waals surface area contributed by atoms with Crippen LogP contribution < -0.4 is 10.2 Å². The lowest BCUT2D eigenvalue weighted by molar-refractivity contribution is 0.588.